The molecule has 0 fully saturated rings. The van der Waals surface area contributed by atoms with Crippen molar-refractivity contribution in [1.29, 1.82) is 0 Å². The zero-order valence-electron chi connectivity index (χ0n) is 21.9. The van der Waals surface area contributed by atoms with Crippen LogP contribution in [0.4, 0.5) is 5.69 Å². The molecule has 2 aromatic carbocycles. The lowest BCUT2D eigenvalue weighted by Gasteiger charge is -2.18. The SMILES string of the molecule is CN(Cc1cc2c(=O)c(C(=O)NCc3ccc(Cl)cc3)cn(C)c2o1)CC(O)CSc1nc2ccc(N)cc2s1. The van der Waals surface area contributed by atoms with Crippen LogP contribution in [0.15, 0.2) is 68.3 Å². The van der Waals surface area contributed by atoms with E-state index in [-0.39, 0.29) is 12.1 Å². The van der Waals surface area contributed by atoms with E-state index < -0.39 is 17.4 Å². The molecule has 0 saturated carbocycles. The number of carbonyl (C=O) groups excluding carboxylic acids is 1. The van der Waals surface area contributed by atoms with Crippen molar-refractivity contribution in [2.75, 3.05) is 25.1 Å². The predicted molar refractivity (Wildman–Crippen MR) is 161 cm³/mol. The summed E-state index contributed by atoms with van der Waals surface area (Å²) in [6.45, 7) is 1.05. The molecular weight excluding hydrogens is 570 g/mol. The van der Waals surface area contributed by atoms with Gasteiger partial charge in [0, 0.05) is 42.8 Å². The van der Waals surface area contributed by atoms with Crippen LogP contribution in [0.25, 0.3) is 21.3 Å². The summed E-state index contributed by atoms with van der Waals surface area (Å²) in [6.07, 6.45) is 0.884. The van der Waals surface area contributed by atoms with Crippen LogP contribution < -0.4 is 16.5 Å². The van der Waals surface area contributed by atoms with Gasteiger partial charge in [-0.05, 0) is 49.0 Å². The molecule has 208 valence electrons. The van der Waals surface area contributed by atoms with E-state index in [9.17, 15) is 14.7 Å². The molecule has 0 bridgehead atoms. The van der Waals surface area contributed by atoms with Gasteiger partial charge in [-0.1, -0.05) is 35.5 Å². The van der Waals surface area contributed by atoms with E-state index in [1.54, 1.807) is 41.2 Å². The lowest BCUT2D eigenvalue weighted by Crippen LogP contribution is -2.30. The lowest BCUT2D eigenvalue weighted by atomic mass is 10.2. The number of aliphatic hydroxyl groups is 1. The maximum atomic E-state index is 13.1. The molecule has 3 aromatic heterocycles. The number of aliphatic hydroxyl groups excluding tert-OH is 1. The Balaban J connectivity index is 1.20. The molecule has 5 aromatic rings. The molecule has 0 radical (unpaired) electrons. The van der Waals surface area contributed by atoms with Crippen molar-refractivity contribution >= 4 is 67.6 Å². The number of nitrogens with two attached hydrogens (primary N) is 1. The van der Waals surface area contributed by atoms with Crippen molar-refractivity contribution < 1.29 is 14.3 Å². The number of rotatable bonds is 10. The van der Waals surface area contributed by atoms with Gasteiger partial charge in [0.2, 0.25) is 11.1 Å². The Kier molecular flexibility index (Phi) is 8.48. The third-order valence-electron chi connectivity index (χ3n) is 6.25. The summed E-state index contributed by atoms with van der Waals surface area (Å²) in [5.74, 6) is 0.579. The zero-order valence-corrected chi connectivity index (χ0v) is 24.3. The first kappa shape index (κ1) is 28.2. The minimum atomic E-state index is -0.599. The maximum absolute atomic E-state index is 13.1. The Morgan fingerprint density at radius 2 is 2.05 bits per heavy atom. The number of nitrogen functional groups attached to an aromatic ring is 1. The summed E-state index contributed by atoms with van der Waals surface area (Å²) in [6, 6.07) is 14.4. The van der Waals surface area contributed by atoms with Crippen LogP contribution in [0.3, 0.4) is 0 Å². The second-order valence-corrected chi connectivity index (χ2v) is 12.3. The highest BCUT2D eigenvalue weighted by molar-refractivity contribution is 8.01. The van der Waals surface area contributed by atoms with Crippen LogP contribution in [0.2, 0.25) is 5.02 Å². The highest BCUT2D eigenvalue weighted by Gasteiger charge is 2.19. The van der Waals surface area contributed by atoms with E-state index in [4.69, 9.17) is 21.8 Å². The zero-order chi connectivity index (χ0) is 28.4. The molecule has 1 unspecified atom stereocenters. The van der Waals surface area contributed by atoms with Gasteiger partial charge in [-0.15, -0.1) is 11.3 Å². The summed E-state index contributed by atoms with van der Waals surface area (Å²) in [7, 11) is 3.60. The molecule has 0 aliphatic rings. The van der Waals surface area contributed by atoms with Crippen LogP contribution in [-0.4, -0.2) is 50.9 Å². The van der Waals surface area contributed by atoms with Crippen molar-refractivity contribution in [2.45, 2.75) is 23.5 Å². The number of nitrogens with one attached hydrogen (secondary N) is 1. The molecule has 12 heteroatoms. The number of pyridine rings is 1. The fourth-order valence-corrected chi connectivity index (χ4v) is 6.51. The molecule has 0 saturated heterocycles. The standard InChI is InChI=1S/C28H28ClN5O4S2/c1-33(12-19(35)15-39-28-32-23-8-7-18(30)9-24(23)40-28)13-20-10-21-25(36)22(14-34(2)27(21)38-20)26(37)31-11-16-3-5-17(29)6-4-16/h3-10,14,19,35H,11-13,15,30H2,1-2H3,(H,31,37). The van der Waals surface area contributed by atoms with E-state index in [2.05, 4.69) is 10.3 Å². The molecule has 1 atom stereocenters. The molecule has 3 heterocycles. The van der Waals surface area contributed by atoms with Crippen LogP contribution in [0.5, 0.6) is 0 Å². The average molecular weight is 598 g/mol. The molecular formula is C28H28ClN5O4S2. The number of benzene rings is 2. The fraction of sp³-hybridized carbons (Fsp3) is 0.250. The third-order valence-corrected chi connectivity index (χ3v) is 8.81. The Morgan fingerprint density at radius 3 is 2.83 bits per heavy atom. The summed E-state index contributed by atoms with van der Waals surface area (Å²) < 4.78 is 9.48. The molecule has 0 spiro atoms. The first-order valence-corrected chi connectivity index (χ1v) is 14.6. The first-order chi connectivity index (χ1) is 19.2. The minimum absolute atomic E-state index is 0.0367. The van der Waals surface area contributed by atoms with Gasteiger partial charge < -0.3 is 25.1 Å². The van der Waals surface area contributed by atoms with Gasteiger partial charge in [-0.3, -0.25) is 14.5 Å². The number of thioether (sulfide) groups is 1. The van der Waals surface area contributed by atoms with Crippen LogP contribution >= 0.6 is 34.7 Å². The van der Waals surface area contributed by atoms with Gasteiger partial charge in [0.15, 0.2) is 4.34 Å². The number of nitrogens with zero attached hydrogens (tertiary/aromatic N) is 3. The van der Waals surface area contributed by atoms with Crippen LogP contribution in [-0.2, 0) is 20.1 Å². The van der Waals surface area contributed by atoms with E-state index in [1.165, 1.54) is 18.0 Å². The van der Waals surface area contributed by atoms with E-state index in [0.29, 0.717) is 46.4 Å². The summed E-state index contributed by atoms with van der Waals surface area (Å²) in [5, 5.41) is 14.3. The summed E-state index contributed by atoms with van der Waals surface area (Å²) in [4.78, 5) is 32.5. The second-order valence-electron chi connectivity index (χ2n) is 9.59. The number of hydrogen-bond donors (Lipinski definition) is 3. The highest BCUT2D eigenvalue weighted by Crippen LogP contribution is 2.31. The van der Waals surface area contributed by atoms with Gasteiger partial charge >= 0.3 is 0 Å². The summed E-state index contributed by atoms with van der Waals surface area (Å²) >= 11 is 8.97. The highest BCUT2D eigenvalue weighted by atomic mass is 35.5. The van der Waals surface area contributed by atoms with Crippen LogP contribution in [0.1, 0.15) is 21.7 Å². The molecule has 1 amide bonds. The number of furan rings is 1. The first-order valence-electron chi connectivity index (χ1n) is 12.5. The molecule has 40 heavy (non-hydrogen) atoms. The second kappa shape index (κ2) is 12.0. The number of anilines is 1. The van der Waals surface area contributed by atoms with Crippen molar-refractivity contribution in [3.05, 3.63) is 86.9 Å². The number of hydrogen-bond acceptors (Lipinski definition) is 9. The number of fused-ring (bicyclic) bond motifs is 2. The molecule has 0 aliphatic heterocycles. The normalized spacial score (nSPS) is 12.4. The van der Waals surface area contributed by atoms with Gasteiger partial charge in [-0.2, -0.15) is 0 Å². The maximum Gasteiger partial charge on any atom is 0.257 e. The van der Waals surface area contributed by atoms with Gasteiger partial charge in [0.25, 0.3) is 5.91 Å². The monoisotopic (exact) mass is 597 g/mol. The molecule has 5 rings (SSSR count). The fourth-order valence-electron chi connectivity index (χ4n) is 4.32. The number of aryl methyl sites for hydroxylation is 1. The Bertz CT molecular complexity index is 1730. The molecule has 4 N–H and O–H groups in total. The van der Waals surface area contributed by atoms with Crippen LogP contribution in [0, 0.1) is 0 Å². The van der Waals surface area contributed by atoms with Gasteiger partial charge in [-0.25, -0.2) is 4.98 Å². The molecule has 9 nitrogen and oxygen atoms in total. The Hall–Kier alpha value is -3.35. The average Bonchev–Trinajstić information content (AvgIpc) is 3.53. The van der Waals surface area contributed by atoms with E-state index in [1.807, 2.05) is 42.3 Å². The predicted octanol–water partition coefficient (Wildman–Crippen LogP) is 4.49. The van der Waals surface area contributed by atoms with Gasteiger partial charge in [0.1, 0.15) is 11.3 Å². The number of amides is 1. The lowest BCUT2D eigenvalue weighted by molar-refractivity contribution is 0.0949. The number of thiazole rings is 1. The minimum Gasteiger partial charge on any atom is -0.443 e. The van der Waals surface area contributed by atoms with Crippen molar-refractivity contribution in [3.63, 3.8) is 0 Å². The van der Waals surface area contributed by atoms with E-state index in [0.717, 1.165) is 20.1 Å². The molecule has 0 aliphatic carbocycles. The van der Waals surface area contributed by atoms with E-state index >= 15 is 0 Å². The number of aromatic nitrogens is 2. The third kappa shape index (κ3) is 6.51. The number of halogens is 1. The Morgan fingerprint density at radius 1 is 1.27 bits per heavy atom. The van der Waals surface area contributed by atoms with Crippen molar-refractivity contribution in [1.82, 2.24) is 19.8 Å². The quantitative estimate of drug-likeness (QED) is 0.159. The van der Waals surface area contributed by atoms with Crippen molar-refractivity contribution in [3.8, 4) is 0 Å². The number of carbonyl (C=O) groups is 1. The largest absolute Gasteiger partial charge is 0.443 e. The smallest absolute Gasteiger partial charge is 0.257 e. The summed E-state index contributed by atoms with van der Waals surface area (Å²) in [5.41, 5.74) is 8.34. The topological polar surface area (TPSA) is 127 Å². The van der Waals surface area contributed by atoms with Crippen molar-refractivity contribution in [2.24, 2.45) is 7.05 Å². The number of likely N-dealkylation sites (N-methyl/N-ethyl adjacent to an activating group) is 1. The Labute approximate surface area is 243 Å². The van der Waals surface area contributed by atoms with Gasteiger partial charge in [0.05, 0.1) is 28.3 Å².